The molecule has 1 aliphatic carbocycles. The molecule has 1 aliphatic rings. The Labute approximate surface area is 117 Å². The molecule has 0 radical (unpaired) electrons. The van der Waals surface area contributed by atoms with E-state index in [1.54, 1.807) is 0 Å². The third kappa shape index (κ3) is 4.16. The number of nitrogens with two attached hydrogens (primary N) is 1. The van der Waals surface area contributed by atoms with Crippen molar-refractivity contribution in [2.75, 3.05) is 47.8 Å². The Morgan fingerprint density at radius 3 is 2.53 bits per heavy atom. The average molecular weight is 270 g/mol. The Morgan fingerprint density at radius 2 is 2.00 bits per heavy atom. The van der Waals surface area contributed by atoms with Crippen LogP contribution in [0, 0.1) is 5.92 Å². The smallest absolute Gasteiger partial charge is 0.238 e. The van der Waals surface area contributed by atoms with Gasteiger partial charge in [0.2, 0.25) is 5.91 Å². The minimum absolute atomic E-state index is 0.187. The fraction of sp³-hybridized carbons (Fsp3) is 0.929. The van der Waals surface area contributed by atoms with E-state index in [1.807, 2.05) is 7.05 Å². The lowest BCUT2D eigenvalue weighted by atomic mass is 9.84. The quantitative estimate of drug-likeness (QED) is 0.657. The van der Waals surface area contributed by atoms with Crippen LogP contribution in [0.3, 0.4) is 0 Å². The summed E-state index contributed by atoms with van der Waals surface area (Å²) in [5.41, 5.74) is 5.15. The van der Waals surface area contributed by atoms with Gasteiger partial charge in [0.25, 0.3) is 0 Å². The molecule has 3 N–H and O–H groups in total. The van der Waals surface area contributed by atoms with E-state index >= 15 is 0 Å². The van der Waals surface area contributed by atoms with Crippen molar-refractivity contribution in [2.24, 2.45) is 11.7 Å². The summed E-state index contributed by atoms with van der Waals surface area (Å²) in [6, 6.07) is 0. The lowest BCUT2D eigenvalue weighted by Gasteiger charge is -2.33. The molecule has 5 nitrogen and oxygen atoms in total. The third-order valence-corrected chi connectivity index (χ3v) is 4.49. The van der Waals surface area contributed by atoms with E-state index < -0.39 is 5.54 Å². The Bertz CT molecular complexity index is 295. The molecule has 0 aromatic carbocycles. The fourth-order valence-corrected chi connectivity index (χ4v) is 3.10. The van der Waals surface area contributed by atoms with Crippen molar-refractivity contribution in [2.45, 2.75) is 31.2 Å². The number of likely N-dealkylation sites (N-methyl/N-ethyl adjacent to an activating group) is 3. The number of hydrogen-bond acceptors (Lipinski definition) is 4. The molecule has 1 fully saturated rings. The SMILES string of the molecule is CNC1(C(N)=O)CCCC1CCN(C)CCN(C)C. The highest BCUT2D eigenvalue weighted by Gasteiger charge is 2.46. The minimum Gasteiger partial charge on any atom is -0.368 e. The van der Waals surface area contributed by atoms with Crippen LogP contribution < -0.4 is 11.1 Å². The van der Waals surface area contributed by atoms with Crippen LogP contribution in [0.1, 0.15) is 25.7 Å². The Kier molecular flexibility index (Phi) is 6.23. The van der Waals surface area contributed by atoms with E-state index in [2.05, 4.69) is 36.3 Å². The maximum Gasteiger partial charge on any atom is 0.238 e. The largest absolute Gasteiger partial charge is 0.368 e. The fourth-order valence-electron chi connectivity index (χ4n) is 3.10. The van der Waals surface area contributed by atoms with Gasteiger partial charge < -0.3 is 20.9 Å². The number of hydrogen-bond donors (Lipinski definition) is 2. The van der Waals surface area contributed by atoms with Crippen LogP contribution in [-0.4, -0.2) is 69.1 Å². The van der Waals surface area contributed by atoms with Gasteiger partial charge in [-0.25, -0.2) is 0 Å². The first-order chi connectivity index (χ1) is 8.92. The average Bonchev–Trinajstić information content (AvgIpc) is 2.77. The molecule has 5 heteroatoms. The number of amides is 1. The Balaban J connectivity index is 2.45. The molecule has 112 valence electrons. The van der Waals surface area contributed by atoms with Gasteiger partial charge in [-0.3, -0.25) is 4.79 Å². The Hall–Kier alpha value is -0.650. The Morgan fingerprint density at radius 1 is 1.32 bits per heavy atom. The van der Waals surface area contributed by atoms with Crippen LogP contribution in [0.15, 0.2) is 0 Å². The summed E-state index contributed by atoms with van der Waals surface area (Å²) in [7, 11) is 8.18. The van der Waals surface area contributed by atoms with Gasteiger partial charge in [0, 0.05) is 13.1 Å². The predicted octanol–water partition coefficient (Wildman–Crippen LogP) is 0.114. The minimum atomic E-state index is -0.470. The summed E-state index contributed by atoms with van der Waals surface area (Å²) in [4.78, 5) is 16.3. The number of carbonyl (C=O) groups excluding carboxylic acids is 1. The molecule has 0 aliphatic heterocycles. The lowest BCUT2D eigenvalue weighted by Crippen LogP contribution is -2.56. The van der Waals surface area contributed by atoms with E-state index in [1.165, 1.54) is 0 Å². The van der Waals surface area contributed by atoms with Crippen molar-refractivity contribution >= 4 is 5.91 Å². The highest BCUT2D eigenvalue weighted by atomic mass is 16.1. The van der Waals surface area contributed by atoms with Crippen LogP contribution in [0.4, 0.5) is 0 Å². The predicted molar refractivity (Wildman–Crippen MR) is 79.0 cm³/mol. The molecule has 0 aromatic rings. The van der Waals surface area contributed by atoms with E-state index in [-0.39, 0.29) is 5.91 Å². The summed E-state index contributed by atoms with van der Waals surface area (Å²) < 4.78 is 0. The molecule has 0 heterocycles. The number of primary amides is 1. The van der Waals surface area contributed by atoms with E-state index in [0.717, 1.165) is 45.3 Å². The zero-order valence-corrected chi connectivity index (χ0v) is 12.9. The summed E-state index contributed by atoms with van der Waals surface area (Å²) in [5.74, 6) is 0.185. The van der Waals surface area contributed by atoms with Gasteiger partial charge in [-0.1, -0.05) is 6.42 Å². The van der Waals surface area contributed by atoms with Crippen molar-refractivity contribution in [1.29, 1.82) is 0 Å². The van der Waals surface area contributed by atoms with Crippen molar-refractivity contribution in [3.05, 3.63) is 0 Å². The van der Waals surface area contributed by atoms with Crippen molar-refractivity contribution < 1.29 is 4.79 Å². The molecule has 1 rings (SSSR count). The summed E-state index contributed by atoms with van der Waals surface area (Å²) in [5, 5.41) is 3.20. The van der Waals surface area contributed by atoms with Crippen molar-refractivity contribution in [3.8, 4) is 0 Å². The highest BCUT2D eigenvalue weighted by Crippen LogP contribution is 2.37. The maximum atomic E-state index is 11.8. The molecule has 0 saturated heterocycles. The monoisotopic (exact) mass is 270 g/mol. The molecular formula is C14H30N4O. The highest BCUT2D eigenvalue weighted by molar-refractivity contribution is 5.85. The van der Waals surface area contributed by atoms with E-state index in [9.17, 15) is 4.79 Å². The van der Waals surface area contributed by atoms with Crippen LogP contribution in [0.25, 0.3) is 0 Å². The molecule has 0 aromatic heterocycles. The zero-order chi connectivity index (χ0) is 14.5. The summed E-state index contributed by atoms with van der Waals surface area (Å²) in [6.07, 6.45) is 4.11. The van der Waals surface area contributed by atoms with Gasteiger partial charge in [-0.2, -0.15) is 0 Å². The number of rotatable bonds is 8. The van der Waals surface area contributed by atoms with Crippen LogP contribution >= 0.6 is 0 Å². The second-order valence-corrected chi connectivity index (χ2v) is 6.07. The number of nitrogens with one attached hydrogen (secondary N) is 1. The van der Waals surface area contributed by atoms with E-state index in [0.29, 0.717) is 5.92 Å². The molecular weight excluding hydrogens is 240 g/mol. The first-order valence-corrected chi connectivity index (χ1v) is 7.24. The number of nitrogens with zero attached hydrogens (tertiary/aromatic N) is 2. The first-order valence-electron chi connectivity index (χ1n) is 7.24. The zero-order valence-electron chi connectivity index (χ0n) is 12.9. The van der Waals surface area contributed by atoms with Crippen molar-refractivity contribution in [3.63, 3.8) is 0 Å². The standard InChI is InChI=1S/C14H30N4O/c1-16-14(13(15)19)8-5-6-12(14)7-9-18(4)11-10-17(2)3/h12,16H,5-11H2,1-4H3,(H2,15,19). The summed E-state index contributed by atoms with van der Waals surface area (Å²) in [6.45, 7) is 3.15. The molecule has 2 unspecified atom stereocenters. The summed E-state index contributed by atoms with van der Waals surface area (Å²) >= 11 is 0. The van der Waals surface area contributed by atoms with Gasteiger partial charge >= 0.3 is 0 Å². The third-order valence-electron chi connectivity index (χ3n) is 4.49. The molecule has 1 saturated carbocycles. The topological polar surface area (TPSA) is 61.6 Å². The van der Waals surface area contributed by atoms with Crippen LogP contribution in [0.5, 0.6) is 0 Å². The molecule has 2 atom stereocenters. The second-order valence-electron chi connectivity index (χ2n) is 6.07. The lowest BCUT2D eigenvalue weighted by molar-refractivity contribution is -0.125. The van der Waals surface area contributed by atoms with Crippen LogP contribution in [0.2, 0.25) is 0 Å². The molecule has 0 bridgehead atoms. The van der Waals surface area contributed by atoms with E-state index in [4.69, 9.17) is 5.73 Å². The number of carbonyl (C=O) groups is 1. The van der Waals surface area contributed by atoms with Gasteiger partial charge in [0.05, 0.1) is 0 Å². The van der Waals surface area contributed by atoms with Crippen molar-refractivity contribution in [1.82, 2.24) is 15.1 Å². The van der Waals surface area contributed by atoms with Gasteiger partial charge in [-0.05, 0) is 59.9 Å². The maximum absolute atomic E-state index is 11.8. The molecule has 19 heavy (non-hydrogen) atoms. The van der Waals surface area contributed by atoms with Gasteiger partial charge in [-0.15, -0.1) is 0 Å². The first kappa shape index (κ1) is 16.4. The normalized spacial score (nSPS) is 27.4. The molecule has 0 spiro atoms. The van der Waals surface area contributed by atoms with Gasteiger partial charge in [0.1, 0.15) is 5.54 Å². The second kappa shape index (κ2) is 7.22. The van der Waals surface area contributed by atoms with Gasteiger partial charge in [0.15, 0.2) is 0 Å². The molecule has 1 amide bonds. The van der Waals surface area contributed by atoms with Crippen LogP contribution in [-0.2, 0) is 4.79 Å².